The number of nitrogens with two attached hydrogens (primary N) is 1. The zero-order valence-electron chi connectivity index (χ0n) is 10.8. The SMILES string of the molecule is CCOC(=O)CCC(=O)c1ccc(Cl)c(S(N)(=O)=O)c1. The molecule has 0 spiro atoms. The molecule has 0 aliphatic heterocycles. The molecule has 8 heteroatoms. The van der Waals surface area contributed by atoms with Crippen molar-refractivity contribution in [1.29, 1.82) is 0 Å². The van der Waals surface area contributed by atoms with Crippen molar-refractivity contribution in [2.75, 3.05) is 6.61 Å². The highest BCUT2D eigenvalue weighted by molar-refractivity contribution is 7.89. The van der Waals surface area contributed by atoms with E-state index in [1.54, 1.807) is 6.92 Å². The molecule has 0 aliphatic carbocycles. The topological polar surface area (TPSA) is 104 Å². The molecule has 0 heterocycles. The van der Waals surface area contributed by atoms with E-state index >= 15 is 0 Å². The number of carbonyl (C=O) groups excluding carboxylic acids is 2. The molecule has 2 N–H and O–H groups in total. The van der Waals surface area contributed by atoms with Gasteiger partial charge >= 0.3 is 5.97 Å². The fourth-order valence-electron chi connectivity index (χ4n) is 1.49. The number of benzene rings is 1. The predicted octanol–water partition coefficient (Wildman–Crippen LogP) is 1.51. The van der Waals surface area contributed by atoms with Gasteiger partial charge in [0.25, 0.3) is 0 Å². The molecule has 6 nitrogen and oxygen atoms in total. The summed E-state index contributed by atoms with van der Waals surface area (Å²) in [5.74, 6) is -0.874. The van der Waals surface area contributed by atoms with Crippen molar-refractivity contribution in [2.45, 2.75) is 24.7 Å². The molecule has 0 fully saturated rings. The lowest BCUT2D eigenvalue weighted by atomic mass is 10.1. The van der Waals surface area contributed by atoms with Crippen LogP contribution < -0.4 is 5.14 Å². The van der Waals surface area contributed by atoms with Gasteiger partial charge in [0, 0.05) is 12.0 Å². The highest BCUT2D eigenvalue weighted by atomic mass is 35.5. The number of ketones is 1. The Balaban J connectivity index is 2.87. The van der Waals surface area contributed by atoms with Crippen molar-refractivity contribution >= 4 is 33.4 Å². The fraction of sp³-hybridized carbons (Fsp3) is 0.333. The van der Waals surface area contributed by atoms with Crippen LogP contribution in [0.3, 0.4) is 0 Å². The van der Waals surface area contributed by atoms with Crippen LogP contribution in [0.2, 0.25) is 5.02 Å². The number of primary sulfonamides is 1. The summed E-state index contributed by atoms with van der Waals surface area (Å²) in [6.45, 7) is 1.90. The van der Waals surface area contributed by atoms with Crippen LogP contribution in [-0.2, 0) is 19.6 Å². The third-order valence-electron chi connectivity index (χ3n) is 2.42. The zero-order valence-corrected chi connectivity index (χ0v) is 12.3. The van der Waals surface area contributed by atoms with Crippen molar-refractivity contribution in [3.05, 3.63) is 28.8 Å². The van der Waals surface area contributed by atoms with Crippen molar-refractivity contribution in [1.82, 2.24) is 0 Å². The van der Waals surface area contributed by atoms with Gasteiger partial charge < -0.3 is 4.74 Å². The second-order valence-corrected chi connectivity index (χ2v) is 5.86. The number of carbonyl (C=O) groups is 2. The first kappa shape index (κ1) is 16.6. The monoisotopic (exact) mass is 319 g/mol. The maximum atomic E-state index is 11.9. The van der Waals surface area contributed by atoms with E-state index < -0.39 is 16.0 Å². The molecule has 110 valence electrons. The Morgan fingerprint density at radius 2 is 1.95 bits per heavy atom. The Hall–Kier alpha value is -1.44. The van der Waals surface area contributed by atoms with Gasteiger partial charge in [-0.05, 0) is 25.1 Å². The van der Waals surface area contributed by atoms with Crippen molar-refractivity contribution < 1.29 is 22.7 Å². The van der Waals surface area contributed by atoms with Gasteiger partial charge in [-0.2, -0.15) is 0 Å². The van der Waals surface area contributed by atoms with Gasteiger partial charge in [0.1, 0.15) is 4.90 Å². The van der Waals surface area contributed by atoms with E-state index in [4.69, 9.17) is 21.5 Å². The summed E-state index contributed by atoms with van der Waals surface area (Å²) >= 11 is 5.71. The minimum atomic E-state index is -4.01. The summed E-state index contributed by atoms with van der Waals surface area (Å²) in [5, 5.41) is 4.93. The lowest BCUT2D eigenvalue weighted by Gasteiger charge is -2.05. The van der Waals surface area contributed by atoms with E-state index in [1.165, 1.54) is 12.1 Å². The molecule has 0 radical (unpaired) electrons. The van der Waals surface area contributed by atoms with Gasteiger partial charge in [-0.1, -0.05) is 11.6 Å². The largest absolute Gasteiger partial charge is 0.466 e. The van der Waals surface area contributed by atoms with Gasteiger partial charge in [0.15, 0.2) is 5.78 Å². The molecule has 0 unspecified atom stereocenters. The molecule has 0 saturated carbocycles. The quantitative estimate of drug-likeness (QED) is 0.632. The van der Waals surface area contributed by atoms with Crippen molar-refractivity contribution in [3.63, 3.8) is 0 Å². The van der Waals surface area contributed by atoms with Crippen LogP contribution in [0.25, 0.3) is 0 Å². The molecular formula is C12H14ClNO5S. The lowest BCUT2D eigenvalue weighted by Crippen LogP contribution is -2.14. The van der Waals surface area contributed by atoms with Gasteiger partial charge in [-0.25, -0.2) is 13.6 Å². The zero-order chi connectivity index (χ0) is 15.3. The molecule has 1 rings (SSSR count). The lowest BCUT2D eigenvalue weighted by molar-refractivity contribution is -0.143. The summed E-state index contributed by atoms with van der Waals surface area (Å²) in [5.41, 5.74) is 0.128. The summed E-state index contributed by atoms with van der Waals surface area (Å²) < 4.78 is 27.3. The molecular weight excluding hydrogens is 306 g/mol. The number of esters is 1. The van der Waals surface area contributed by atoms with Crippen LogP contribution in [-0.4, -0.2) is 26.8 Å². The number of sulfonamides is 1. The molecule has 0 aliphatic rings. The van der Waals surface area contributed by atoms with Gasteiger partial charge in [-0.3, -0.25) is 9.59 Å². The maximum Gasteiger partial charge on any atom is 0.306 e. The molecule has 0 saturated heterocycles. The van der Waals surface area contributed by atoms with Gasteiger partial charge in [0.05, 0.1) is 18.1 Å². The molecule has 0 atom stereocenters. The average molecular weight is 320 g/mol. The summed E-state index contributed by atoms with van der Waals surface area (Å²) in [7, 11) is -4.01. The Bertz CT molecular complexity index is 627. The van der Waals surface area contributed by atoms with E-state index in [1.807, 2.05) is 0 Å². The average Bonchev–Trinajstić information content (AvgIpc) is 2.35. The minimum Gasteiger partial charge on any atom is -0.466 e. The first-order valence-corrected chi connectivity index (χ1v) is 7.69. The number of hydrogen-bond acceptors (Lipinski definition) is 5. The Labute approximate surface area is 121 Å². The van der Waals surface area contributed by atoms with Gasteiger partial charge in [-0.15, -0.1) is 0 Å². The molecule has 0 bridgehead atoms. The van der Waals surface area contributed by atoms with Gasteiger partial charge in [0.2, 0.25) is 10.0 Å². The van der Waals surface area contributed by atoms with E-state index in [9.17, 15) is 18.0 Å². The predicted molar refractivity (Wildman–Crippen MR) is 73.0 cm³/mol. The third kappa shape index (κ3) is 4.59. The summed E-state index contributed by atoms with van der Waals surface area (Å²) in [6, 6.07) is 3.76. The molecule has 20 heavy (non-hydrogen) atoms. The number of hydrogen-bond donors (Lipinski definition) is 1. The Morgan fingerprint density at radius 1 is 1.30 bits per heavy atom. The van der Waals surface area contributed by atoms with Crippen molar-refractivity contribution in [3.8, 4) is 0 Å². The second kappa shape index (κ2) is 6.83. The second-order valence-electron chi connectivity index (χ2n) is 3.92. The number of ether oxygens (including phenoxy) is 1. The van der Waals surface area contributed by atoms with E-state index in [0.29, 0.717) is 0 Å². The number of rotatable bonds is 6. The molecule has 1 aromatic carbocycles. The number of Topliss-reactive ketones (excluding diaryl/α,β-unsaturated/α-hetero) is 1. The Morgan fingerprint density at radius 3 is 2.50 bits per heavy atom. The molecule has 0 amide bonds. The Kier molecular flexibility index (Phi) is 5.67. The van der Waals surface area contributed by atoms with Crippen LogP contribution in [0.5, 0.6) is 0 Å². The standard InChI is InChI=1S/C12H14ClNO5S/c1-2-19-12(16)6-5-10(15)8-3-4-9(13)11(7-8)20(14,17)18/h3-4,7H,2,5-6H2,1H3,(H2,14,17,18). The highest BCUT2D eigenvalue weighted by Gasteiger charge is 2.17. The van der Waals surface area contributed by atoms with Crippen LogP contribution in [0.15, 0.2) is 23.1 Å². The summed E-state index contributed by atoms with van der Waals surface area (Å²) in [4.78, 5) is 22.7. The summed E-state index contributed by atoms with van der Waals surface area (Å²) in [6.07, 6.45) is -0.148. The van der Waals surface area contributed by atoms with Crippen LogP contribution in [0.4, 0.5) is 0 Å². The van der Waals surface area contributed by atoms with Crippen LogP contribution in [0.1, 0.15) is 30.1 Å². The third-order valence-corrected chi connectivity index (χ3v) is 3.81. The molecule has 0 aromatic heterocycles. The number of halogens is 1. The fourth-order valence-corrected chi connectivity index (χ4v) is 2.56. The normalized spacial score (nSPS) is 11.2. The maximum absolute atomic E-state index is 11.9. The van der Waals surface area contributed by atoms with Crippen molar-refractivity contribution in [2.24, 2.45) is 5.14 Å². The smallest absolute Gasteiger partial charge is 0.306 e. The first-order chi connectivity index (χ1) is 9.25. The van der Waals surface area contributed by atoms with E-state index in [-0.39, 0.29) is 40.7 Å². The minimum absolute atomic E-state index is 0.0607. The van der Waals surface area contributed by atoms with E-state index in [0.717, 1.165) is 6.07 Å². The van der Waals surface area contributed by atoms with Crippen LogP contribution >= 0.6 is 11.6 Å². The first-order valence-electron chi connectivity index (χ1n) is 5.77. The highest BCUT2D eigenvalue weighted by Crippen LogP contribution is 2.22. The van der Waals surface area contributed by atoms with Crippen LogP contribution in [0, 0.1) is 0 Å². The molecule has 1 aromatic rings. The van der Waals surface area contributed by atoms with E-state index in [2.05, 4.69) is 0 Å².